The highest BCUT2D eigenvalue weighted by atomic mass is 35.5. The highest BCUT2D eigenvalue weighted by molar-refractivity contribution is 7.92. The lowest BCUT2D eigenvalue weighted by Crippen LogP contribution is -2.56. The second-order valence-electron chi connectivity index (χ2n) is 11.6. The molecule has 0 radical (unpaired) electrons. The Morgan fingerprint density at radius 3 is 1.96 bits per heavy atom. The van der Waals surface area contributed by atoms with E-state index in [1.807, 2.05) is 51.1 Å². The topological polar surface area (TPSA) is 86.8 Å². The first-order chi connectivity index (χ1) is 21.7. The monoisotopic (exact) mass is 719 g/mol. The molecule has 242 valence electrons. The Hall–Kier alpha value is -3.27. The van der Waals surface area contributed by atoms with Crippen LogP contribution >= 0.6 is 46.4 Å². The molecule has 1 N–H and O–H groups in total. The quantitative estimate of drug-likeness (QED) is 0.170. The number of hydrogen-bond donors (Lipinski definition) is 1. The number of carbonyl (C=O) groups excluding carboxylic acids is 2. The van der Waals surface area contributed by atoms with E-state index in [0.717, 1.165) is 9.87 Å². The number of hydrogen-bond acceptors (Lipinski definition) is 4. The minimum absolute atomic E-state index is 0.000785. The summed E-state index contributed by atoms with van der Waals surface area (Å²) in [5.74, 6) is -1.14. The number of rotatable bonds is 11. The van der Waals surface area contributed by atoms with E-state index in [-0.39, 0.29) is 43.6 Å². The van der Waals surface area contributed by atoms with Crippen LogP contribution in [0.2, 0.25) is 20.1 Å². The molecule has 4 rings (SSSR count). The van der Waals surface area contributed by atoms with Crippen molar-refractivity contribution in [2.45, 2.75) is 50.2 Å². The molecular formula is C34H33Cl4N3O4S. The first-order valence-electron chi connectivity index (χ1n) is 14.3. The van der Waals surface area contributed by atoms with E-state index in [2.05, 4.69) is 5.32 Å². The van der Waals surface area contributed by atoms with Gasteiger partial charge in [0.05, 0.1) is 15.6 Å². The first kappa shape index (κ1) is 35.6. The Morgan fingerprint density at radius 1 is 0.783 bits per heavy atom. The van der Waals surface area contributed by atoms with Gasteiger partial charge in [0.25, 0.3) is 10.0 Å². The minimum Gasteiger partial charge on any atom is -0.350 e. The molecule has 4 aromatic rings. The molecule has 1 atom stereocenters. The van der Waals surface area contributed by atoms with Gasteiger partial charge < -0.3 is 10.2 Å². The van der Waals surface area contributed by atoms with Crippen LogP contribution in [0.3, 0.4) is 0 Å². The summed E-state index contributed by atoms with van der Waals surface area (Å²) in [7, 11) is -4.35. The highest BCUT2D eigenvalue weighted by Crippen LogP contribution is 2.34. The summed E-state index contributed by atoms with van der Waals surface area (Å²) < 4.78 is 29.2. The van der Waals surface area contributed by atoms with E-state index in [1.54, 1.807) is 36.4 Å². The van der Waals surface area contributed by atoms with E-state index in [9.17, 15) is 18.0 Å². The number of nitrogens with zero attached hydrogens (tertiary/aromatic N) is 2. The van der Waals surface area contributed by atoms with Gasteiger partial charge in [-0.25, -0.2) is 8.42 Å². The van der Waals surface area contributed by atoms with Crippen LogP contribution < -0.4 is 9.62 Å². The summed E-state index contributed by atoms with van der Waals surface area (Å²) in [6.07, 6.45) is 0.125. The second-order valence-corrected chi connectivity index (χ2v) is 15.1. The maximum Gasteiger partial charge on any atom is 0.264 e. The molecule has 0 saturated carbocycles. The maximum atomic E-state index is 14.6. The predicted molar refractivity (Wildman–Crippen MR) is 186 cm³/mol. The minimum atomic E-state index is -4.35. The molecule has 0 aliphatic heterocycles. The third kappa shape index (κ3) is 8.96. The summed E-state index contributed by atoms with van der Waals surface area (Å²) in [6.45, 7) is 4.59. The molecule has 4 aromatic carbocycles. The summed E-state index contributed by atoms with van der Waals surface area (Å²) >= 11 is 25.9. The molecule has 7 nitrogen and oxygen atoms in total. The third-order valence-electron chi connectivity index (χ3n) is 6.95. The number of nitrogens with one attached hydrogen (secondary N) is 1. The van der Waals surface area contributed by atoms with E-state index >= 15 is 0 Å². The molecule has 0 aromatic heterocycles. The van der Waals surface area contributed by atoms with Crippen molar-refractivity contribution in [3.8, 4) is 0 Å². The Kier molecular flexibility index (Phi) is 11.7. The highest BCUT2D eigenvalue weighted by Gasteiger charge is 2.36. The smallest absolute Gasteiger partial charge is 0.264 e. The largest absolute Gasteiger partial charge is 0.350 e. The van der Waals surface area contributed by atoms with Crippen LogP contribution in [-0.4, -0.2) is 43.3 Å². The fraction of sp³-hybridized carbons (Fsp3) is 0.235. The van der Waals surface area contributed by atoms with Crippen molar-refractivity contribution in [3.05, 3.63) is 128 Å². The van der Waals surface area contributed by atoms with Crippen LogP contribution in [0.25, 0.3) is 0 Å². The molecule has 0 aliphatic carbocycles. The fourth-order valence-electron chi connectivity index (χ4n) is 4.77. The van der Waals surface area contributed by atoms with Crippen molar-refractivity contribution >= 4 is 73.9 Å². The van der Waals surface area contributed by atoms with Gasteiger partial charge >= 0.3 is 0 Å². The van der Waals surface area contributed by atoms with Gasteiger partial charge in [-0.1, -0.05) is 101 Å². The van der Waals surface area contributed by atoms with Gasteiger partial charge in [0.2, 0.25) is 11.8 Å². The summed E-state index contributed by atoms with van der Waals surface area (Å²) in [6, 6.07) is 25.1. The molecule has 0 bridgehead atoms. The lowest BCUT2D eigenvalue weighted by Gasteiger charge is -2.35. The molecule has 0 saturated heterocycles. The molecule has 0 fully saturated rings. The Morgan fingerprint density at radius 2 is 1.37 bits per heavy atom. The van der Waals surface area contributed by atoms with Crippen LogP contribution in [0.15, 0.2) is 102 Å². The predicted octanol–water partition coefficient (Wildman–Crippen LogP) is 8.05. The molecule has 0 unspecified atom stereocenters. The van der Waals surface area contributed by atoms with Crippen LogP contribution in [0.5, 0.6) is 0 Å². The van der Waals surface area contributed by atoms with Crippen LogP contribution in [0.1, 0.15) is 31.9 Å². The SMILES string of the molecule is CC(C)(C)NC(=O)[C@@H](Cc1ccccc1)N(Cc1c(Cl)cccc1Cl)C(=O)CN(c1cc(Cl)ccc1Cl)S(=O)(=O)c1ccccc1. The molecule has 46 heavy (non-hydrogen) atoms. The summed E-state index contributed by atoms with van der Waals surface area (Å²) in [5, 5.41) is 3.82. The molecule has 0 aliphatic rings. The van der Waals surface area contributed by atoms with Gasteiger partial charge in [0.15, 0.2) is 0 Å². The van der Waals surface area contributed by atoms with E-state index < -0.39 is 40.0 Å². The Bertz CT molecular complexity index is 1780. The van der Waals surface area contributed by atoms with Crippen molar-refractivity contribution in [1.82, 2.24) is 10.2 Å². The number of sulfonamides is 1. The zero-order chi connectivity index (χ0) is 33.6. The Balaban J connectivity index is 1.88. The molecular weight excluding hydrogens is 688 g/mol. The normalized spacial score (nSPS) is 12.3. The lowest BCUT2D eigenvalue weighted by atomic mass is 10.0. The van der Waals surface area contributed by atoms with Crippen LogP contribution in [0, 0.1) is 0 Å². The van der Waals surface area contributed by atoms with Crippen molar-refractivity contribution in [3.63, 3.8) is 0 Å². The van der Waals surface area contributed by atoms with Gasteiger partial charge in [0.1, 0.15) is 12.6 Å². The zero-order valence-electron chi connectivity index (χ0n) is 25.4. The standard InChI is InChI=1S/C34H33Cl4N3O4S/c1-34(2,3)39-33(43)31(19-23-11-6-4-7-12-23)40(21-26-27(36)15-10-16-28(26)37)32(42)22-41(30-20-24(35)17-18-29(30)38)46(44,45)25-13-8-5-9-14-25/h4-18,20,31H,19,21-22H2,1-3H3,(H,39,43)/t31-/m1/s1. The van der Waals surface area contributed by atoms with Gasteiger partial charge in [-0.05, 0) is 68.8 Å². The molecule has 0 heterocycles. The van der Waals surface area contributed by atoms with Gasteiger partial charge in [-0.3, -0.25) is 13.9 Å². The molecule has 2 amide bonds. The molecule has 0 spiro atoms. The first-order valence-corrected chi connectivity index (χ1v) is 17.2. The maximum absolute atomic E-state index is 14.6. The second kappa shape index (κ2) is 15.1. The number of anilines is 1. The number of benzene rings is 4. The fourth-order valence-corrected chi connectivity index (χ4v) is 7.17. The summed E-state index contributed by atoms with van der Waals surface area (Å²) in [4.78, 5) is 29.9. The van der Waals surface area contributed by atoms with Crippen LogP contribution in [-0.2, 0) is 32.6 Å². The Labute approximate surface area is 290 Å². The van der Waals surface area contributed by atoms with Crippen molar-refractivity contribution in [1.29, 1.82) is 0 Å². The van der Waals surface area contributed by atoms with Gasteiger partial charge in [0, 0.05) is 39.1 Å². The number of halogens is 4. The van der Waals surface area contributed by atoms with Crippen molar-refractivity contribution in [2.75, 3.05) is 10.8 Å². The van der Waals surface area contributed by atoms with Gasteiger partial charge in [-0.2, -0.15) is 0 Å². The van der Waals surface area contributed by atoms with Crippen molar-refractivity contribution < 1.29 is 18.0 Å². The average Bonchev–Trinajstić information content (AvgIpc) is 3.00. The van der Waals surface area contributed by atoms with E-state index in [0.29, 0.717) is 5.56 Å². The zero-order valence-corrected chi connectivity index (χ0v) is 29.2. The van der Waals surface area contributed by atoms with E-state index in [4.69, 9.17) is 46.4 Å². The lowest BCUT2D eigenvalue weighted by molar-refractivity contribution is -0.140. The number of amides is 2. The third-order valence-corrected chi connectivity index (χ3v) is 9.98. The van der Waals surface area contributed by atoms with E-state index in [1.165, 1.54) is 35.2 Å². The van der Waals surface area contributed by atoms with Crippen LogP contribution in [0.4, 0.5) is 5.69 Å². The molecule has 12 heteroatoms. The average molecular weight is 722 g/mol. The van der Waals surface area contributed by atoms with Gasteiger partial charge in [-0.15, -0.1) is 0 Å². The summed E-state index contributed by atoms with van der Waals surface area (Å²) in [5.41, 5.74) is 0.547. The number of carbonyl (C=O) groups is 2. The van der Waals surface area contributed by atoms with Crippen molar-refractivity contribution in [2.24, 2.45) is 0 Å².